The average Bonchev–Trinajstić information content (AvgIpc) is 2.91. The molecule has 0 fully saturated rings. The Bertz CT molecular complexity index is 984. The molecule has 2 aromatic heterocycles. The molecule has 136 valence electrons. The molecule has 0 atom stereocenters. The molecular formula is C17H26N6O2. The lowest BCUT2D eigenvalue weighted by Crippen LogP contribution is -2.41. The van der Waals surface area contributed by atoms with Gasteiger partial charge >= 0.3 is 5.69 Å². The van der Waals surface area contributed by atoms with Gasteiger partial charge in [-0.2, -0.15) is 10.1 Å². The first kappa shape index (κ1) is 17.4. The minimum absolute atomic E-state index is 0.0821. The Morgan fingerprint density at radius 1 is 1.20 bits per heavy atom. The van der Waals surface area contributed by atoms with Gasteiger partial charge < -0.3 is 0 Å². The lowest BCUT2D eigenvalue weighted by atomic mass is 9.89. The maximum atomic E-state index is 12.9. The third-order valence-corrected chi connectivity index (χ3v) is 4.62. The van der Waals surface area contributed by atoms with Gasteiger partial charge in [-0.3, -0.25) is 18.5 Å². The number of hydrogen-bond acceptors (Lipinski definition) is 5. The highest BCUT2D eigenvalue weighted by atomic mass is 16.2. The van der Waals surface area contributed by atoms with E-state index in [0.29, 0.717) is 30.2 Å². The molecule has 1 aliphatic rings. The monoisotopic (exact) mass is 346 g/mol. The van der Waals surface area contributed by atoms with E-state index in [0.717, 1.165) is 5.71 Å². The maximum Gasteiger partial charge on any atom is 0.332 e. The number of anilines is 1. The second-order valence-electron chi connectivity index (χ2n) is 7.80. The molecule has 2 aromatic rings. The normalized spacial score (nSPS) is 15.0. The van der Waals surface area contributed by atoms with Gasteiger partial charge in [-0.25, -0.2) is 9.80 Å². The van der Waals surface area contributed by atoms with Gasteiger partial charge in [-0.15, -0.1) is 0 Å². The van der Waals surface area contributed by atoms with Crippen molar-refractivity contribution in [3.63, 3.8) is 0 Å². The highest BCUT2D eigenvalue weighted by molar-refractivity contribution is 5.93. The zero-order valence-electron chi connectivity index (χ0n) is 16.0. The highest BCUT2D eigenvalue weighted by Gasteiger charge is 2.32. The minimum atomic E-state index is -0.344. The Balaban J connectivity index is 2.40. The molecule has 0 N–H and O–H groups in total. The van der Waals surface area contributed by atoms with E-state index in [2.05, 4.69) is 25.8 Å². The van der Waals surface area contributed by atoms with Crippen molar-refractivity contribution in [1.82, 2.24) is 18.7 Å². The van der Waals surface area contributed by atoms with Crippen LogP contribution in [0.2, 0.25) is 0 Å². The van der Waals surface area contributed by atoms with Crippen molar-refractivity contribution in [3.05, 3.63) is 20.8 Å². The number of fused-ring (bicyclic) bond motifs is 3. The number of imidazole rings is 1. The van der Waals surface area contributed by atoms with Crippen LogP contribution in [-0.2, 0) is 20.1 Å². The van der Waals surface area contributed by atoms with Gasteiger partial charge in [0.15, 0.2) is 11.2 Å². The third-order valence-electron chi connectivity index (χ3n) is 4.62. The van der Waals surface area contributed by atoms with Gasteiger partial charge in [0, 0.05) is 19.0 Å². The fraction of sp³-hybridized carbons (Fsp3) is 0.647. The summed E-state index contributed by atoms with van der Waals surface area (Å²) in [7, 11) is 1.65. The first-order valence-electron chi connectivity index (χ1n) is 8.65. The summed E-state index contributed by atoms with van der Waals surface area (Å²) >= 11 is 0. The van der Waals surface area contributed by atoms with Crippen LogP contribution in [0.15, 0.2) is 14.7 Å². The summed E-state index contributed by atoms with van der Waals surface area (Å²) in [6, 6.07) is 0.0821. The number of aromatic nitrogens is 4. The largest absolute Gasteiger partial charge is 0.332 e. The number of nitrogens with zero attached hydrogens (tertiary/aromatic N) is 6. The van der Waals surface area contributed by atoms with Gasteiger partial charge in [0.05, 0.1) is 18.3 Å². The fourth-order valence-corrected chi connectivity index (χ4v) is 3.05. The number of hydrazone groups is 1. The summed E-state index contributed by atoms with van der Waals surface area (Å²) in [5.74, 6) is 0.610. The van der Waals surface area contributed by atoms with E-state index < -0.39 is 0 Å². The molecule has 0 unspecified atom stereocenters. The molecule has 25 heavy (non-hydrogen) atoms. The number of aryl methyl sites for hydroxylation is 1. The zero-order chi connectivity index (χ0) is 18.7. The number of hydrogen-bond donors (Lipinski definition) is 0. The van der Waals surface area contributed by atoms with Crippen LogP contribution in [0.5, 0.6) is 0 Å². The molecule has 0 spiro atoms. The molecule has 0 bridgehead atoms. The van der Waals surface area contributed by atoms with Gasteiger partial charge in [0.25, 0.3) is 5.56 Å². The van der Waals surface area contributed by atoms with Crippen molar-refractivity contribution in [2.45, 2.75) is 60.7 Å². The van der Waals surface area contributed by atoms with Crippen molar-refractivity contribution in [2.75, 3.05) is 5.01 Å². The van der Waals surface area contributed by atoms with Crippen molar-refractivity contribution < 1.29 is 0 Å². The standard InChI is InChI=1S/C17H26N6O2/c1-8-21-14(24)12-13(20(7)16(21)25)18-15-22(12)9-11(17(4,5)6)19-23(15)10(2)3/h10H,8-9H2,1-7H3. The maximum absolute atomic E-state index is 12.9. The topological polar surface area (TPSA) is 77.4 Å². The predicted molar refractivity (Wildman–Crippen MR) is 99.4 cm³/mol. The van der Waals surface area contributed by atoms with E-state index in [9.17, 15) is 9.59 Å². The van der Waals surface area contributed by atoms with Crippen molar-refractivity contribution in [1.29, 1.82) is 0 Å². The molecule has 8 nitrogen and oxygen atoms in total. The van der Waals surface area contributed by atoms with Crippen LogP contribution >= 0.6 is 0 Å². The molecule has 0 saturated heterocycles. The Morgan fingerprint density at radius 2 is 1.84 bits per heavy atom. The van der Waals surface area contributed by atoms with E-state index in [-0.39, 0.29) is 22.7 Å². The predicted octanol–water partition coefficient (Wildman–Crippen LogP) is 1.55. The van der Waals surface area contributed by atoms with Gasteiger partial charge in [-0.05, 0) is 20.8 Å². The van der Waals surface area contributed by atoms with Crippen LogP contribution in [-0.4, -0.2) is 30.4 Å². The van der Waals surface area contributed by atoms with E-state index in [4.69, 9.17) is 5.10 Å². The zero-order valence-corrected chi connectivity index (χ0v) is 16.0. The van der Waals surface area contributed by atoms with Crippen LogP contribution < -0.4 is 16.3 Å². The lowest BCUT2D eigenvalue weighted by Gasteiger charge is -2.33. The molecule has 1 aliphatic heterocycles. The minimum Gasteiger partial charge on any atom is -0.297 e. The smallest absolute Gasteiger partial charge is 0.297 e. The highest BCUT2D eigenvalue weighted by Crippen LogP contribution is 2.30. The van der Waals surface area contributed by atoms with Crippen molar-refractivity contribution >= 4 is 22.8 Å². The van der Waals surface area contributed by atoms with E-state index in [1.807, 2.05) is 23.4 Å². The summed E-state index contributed by atoms with van der Waals surface area (Å²) in [5, 5.41) is 6.62. The Kier molecular flexibility index (Phi) is 3.89. The summed E-state index contributed by atoms with van der Waals surface area (Å²) in [6.07, 6.45) is 0. The summed E-state index contributed by atoms with van der Waals surface area (Å²) in [5.41, 5.74) is 1.07. The van der Waals surface area contributed by atoms with Crippen LogP contribution in [0.25, 0.3) is 11.2 Å². The molecule has 0 aliphatic carbocycles. The summed E-state index contributed by atoms with van der Waals surface area (Å²) in [4.78, 5) is 30.0. The molecule has 8 heteroatoms. The number of rotatable bonds is 2. The fourth-order valence-electron chi connectivity index (χ4n) is 3.05. The molecule has 0 radical (unpaired) electrons. The van der Waals surface area contributed by atoms with Crippen LogP contribution in [0, 0.1) is 5.41 Å². The summed E-state index contributed by atoms with van der Waals surface area (Å²) < 4.78 is 4.59. The Hall–Kier alpha value is -2.38. The second-order valence-corrected chi connectivity index (χ2v) is 7.80. The summed E-state index contributed by atoms with van der Waals surface area (Å²) in [6.45, 7) is 13.0. The lowest BCUT2D eigenvalue weighted by molar-refractivity contribution is 0.539. The SMILES string of the molecule is CCn1c(=O)c2c(nc3n2CC(C(C)(C)C)=NN3C(C)C)n(C)c1=O. The van der Waals surface area contributed by atoms with Crippen LogP contribution in [0.3, 0.4) is 0 Å². The first-order valence-corrected chi connectivity index (χ1v) is 8.65. The van der Waals surface area contributed by atoms with E-state index in [1.54, 1.807) is 14.0 Å². The van der Waals surface area contributed by atoms with Gasteiger partial charge in [-0.1, -0.05) is 20.8 Å². The van der Waals surface area contributed by atoms with Gasteiger partial charge in [0.1, 0.15) is 0 Å². The molecule has 3 rings (SSSR count). The van der Waals surface area contributed by atoms with E-state index in [1.165, 1.54) is 9.13 Å². The average molecular weight is 346 g/mol. The second kappa shape index (κ2) is 5.57. The molecular weight excluding hydrogens is 320 g/mol. The molecule has 0 amide bonds. The van der Waals surface area contributed by atoms with Gasteiger partial charge in [0.2, 0.25) is 5.95 Å². The molecule has 0 aromatic carbocycles. The third kappa shape index (κ3) is 2.51. The molecule has 0 saturated carbocycles. The van der Waals surface area contributed by atoms with Crippen molar-refractivity contribution in [2.24, 2.45) is 17.6 Å². The van der Waals surface area contributed by atoms with Crippen molar-refractivity contribution in [3.8, 4) is 0 Å². The van der Waals surface area contributed by atoms with Crippen LogP contribution in [0.4, 0.5) is 5.95 Å². The molecule has 3 heterocycles. The quantitative estimate of drug-likeness (QED) is 0.826. The van der Waals surface area contributed by atoms with E-state index >= 15 is 0 Å². The van der Waals surface area contributed by atoms with Crippen LogP contribution in [0.1, 0.15) is 41.5 Å². The first-order chi connectivity index (χ1) is 11.6. The Morgan fingerprint density at radius 3 is 2.36 bits per heavy atom. The Labute approximate surface area is 146 Å².